The Morgan fingerprint density at radius 1 is 1.29 bits per heavy atom. The molecule has 1 fully saturated rings. The van der Waals surface area contributed by atoms with Crippen LogP contribution in [0.3, 0.4) is 0 Å². The number of amides is 1. The number of hydrogen-bond donors (Lipinski definition) is 2. The molecule has 0 heterocycles. The van der Waals surface area contributed by atoms with Crippen molar-refractivity contribution in [1.82, 2.24) is 5.32 Å². The number of hydrogen-bond acceptors (Lipinski definition) is 3. The number of ether oxygens (including phenoxy) is 1. The highest BCUT2D eigenvalue weighted by Gasteiger charge is 2.25. The second-order valence-electron chi connectivity index (χ2n) is 5.92. The van der Waals surface area contributed by atoms with E-state index in [9.17, 15) is 4.79 Å². The molecule has 0 aliphatic heterocycles. The van der Waals surface area contributed by atoms with Gasteiger partial charge in [0.05, 0.1) is 0 Å². The minimum Gasteiger partial charge on any atom is -0.444 e. The van der Waals surface area contributed by atoms with Gasteiger partial charge in [0.1, 0.15) is 5.60 Å². The van der Waals surface area contributed by atoms with E-state index in [1.54, 1.807) is 0 Å². The van der Waals surface area contributed by atoms with Gasteiger partial charge in [-0.3, -0.25) is 0 Å². The topological polar surface area (TPSA) is 64.3 Å². The van der Waals surface area contributed by atoms with Gasteiger partial charge < -0.3 is 15.8 Å². The van der Waals surface area contributed by atoms with Crippen LogP contribution in [0.5, 0.6) is 0 Å². The fourth-order valence-electron chi connectivity index (χ4n) is 2.39. The van der Waals surface area contributed by atoms with Crippen molar-refractivity contribution in [3.8, 4) is 0 Å². The van der Waals surface area contributed by atoms with E-state index in [0.29, 0.717) is 18.4 Å². The van der Waals surface area contributed by atoms with Crippen LogP contribution in [0.2, 0.25) is 0 Å². The Bertz CT molecular complexity index is 248. The lowest BCUT2D eigenvalue weighted by atomic mass is 9.79. The maximum atomic E-state index is 11.5. The smallest absolute Gasteiger partial charge is 0.407 e. The molecule has 1 saturated carbocycles. The average molecular weight is 242 g/mol. The molecule has 1 rings (SSSR count). The van der Waals surface area contributed by atoms with Gasteiger partial charge in [0.15, 0.2) is 0 Å². The molecule has 0 aromatic rings. The molecular weight excluding hydrogens is 216 g/mol. The first-order chi connectivity index (χ1) is 7.92. The van der Waals surface area contributed by atoms with Gasteiger partial charge >= 0.3 is 6.09 Å². The van der Waals surface area contributed by atoms with Crippen molar-refractivity contribution in [1.29, 1.82) is 0 Å². The first-order valence-corrected chi connectivity index (χ1v) is 6.59. The molecule has 2 atom stereocenters. The number of nitrogens with one attached hydrogen (secondary N) is 1. The monoisotopic (exact) mass is 242 g/mol. The molecular formula is C13H26N2O2. The summed E-state index contributed by atoms with van der Waals surface area (Å²) in [5, 5.41) is 2.86. The molecule has 0 aromatic heterocycles. The van der Waals surface area contributed by atoms with E-state index < -0.39 is 5.60 Å². The minimum absolute atomic E-state index is 0.321. The quantitative estimate of drug-likeness (QED) is 0.798. The molecule has 17 heavy (non-hydrogen) atoms. The van der Waals surface area contributed by atoms with Crippen molar-refractivity contribution >= 4 is 6.09 Å². The van der Waals surface area contributed by atoms with Crippen LogP contribution >= 0.6 is 0 Å². The predicted octanol–water partition coefficient (Wildman–Crippen LogP) is 2.28. The van der Waals surface area contributed by atoms with E-state index in [2.05, 4.69) is 5.32 Å². The Morgan fingerprint density at radius 2 is 1.88 bits per heavy atom. The Morgan fingerprint density at radius 3 is 2.41 bits per heavy atom. The Hall–Kier alpha value is -0.770. The largest absolute Gasteiger partial charge is 0.444 e. The Kier molecular flexibility index (Phi) is 5.25. The maximum Gasteiger partial charge on any atom is 0.407 e. The number of nitrogens with two attached hydrogens (primary N) is 1. The van der Waals surface area contributed by atoms with Gasteiger partial charge in [-0.05, 0) is 52.0 Å². The zero-order valence-electron chi connectivity index (χ0n) is 11.3. The first-order valence-electron chi connectivity index (χ1n) is 6.59. The highest BCUT2D eigenvalue weighted by molar-refractivity contribution is 5.67. The summed E-state index contributed by atoms with van der Waals surface area (Å²) >= 11 is 0. The summed E-state index contributed by atoms with van der Waals surface area (Å²) < 4.78 is 5.22. The van der Waals surface area contributed by atoms with Gasteiger partial charge in [-0.15, -0.1) is 0 Å². The molecule has 0 bridgehead atoms. The fraction of sp³-hybridized carbons (Fsp3) is 0.923. The summed E-state index contributed by atoms with van der Waals surface area (Å²) in [5.74, 6) is 1.07. The van der Waals surface area contributed by atoms with E-state index >= 15 is 0 Å². The van der Waals surface area contributed by atoms with Crippen molar-refractivity contribution in [2.45, 2.75) is 52.1 Å². The Balaban J connectivity index is 2.31. The molecule has 100 valence electrons. The molecule has 0 aromatic carbocycles. The van der Waals surface area contributed by atoms with Crippen molar-refractivity contribution in [3.63, 3.8) is 0 Å². The highest BCUT2D eigenvalue weighted by Crippen LogP contribution is 2.28. The van der Waals surface area contributed by atoms with E-state index in [-0.39, 0.29) is 6.09 Å². The van der Waals surface area contributed by atoms with E-state index in [1.165, 1.54) is 19.3 Å². The Labute approximate surface area is 104 Å². The van der Waals surface area contributed by atoms with Crippen LogP contribution in [0.4, 0.5) is 4.79 Å². The third kappa shape index (κ3) is 5.39. The number of carbonyl (C=O) groups excluding carboxylic acids is 1. The van der Waals surface area contributed by atoms with Crippen LogP contribution in [0.1, 0.15) is 46.5 Å². The molecule has 1 aliphatic carbocycles. The molecule has 1 aliphatic rings. The summed E-state index contributed by atoms with van der Waals surface area (Å²) in [6, 6.07) is 0. The van der Waals surface area contributed by atoms with E-state index in [0.717, 1.165) is 13.0 Å². The molecule has 0 unspecified atom stereocenters. The zero-order valence-corrected chi connectivity index (χ0v) is 11.3. The summed E-state index contributed by atoms with van der Waals surface area (Å²) in [5.41, 5.74) is 5.33. The summed E-state index contributed by atoms with van der Waals surface area (Å²) in [6.45, 7) is 7.03. The second kappa shape index (κ2) is 6.24. The number of alkyl carbamates (subject to hydrolysis) is 1. The number of carbonyl (C=O) groups is 1. The lowest BCUT2D eigenvalue weighted by Crippen LogP contribution is -2.39. The van der Waals surface area contributed by atoms with Gasteiger partial charge in [0.25, 0.3) is 0 Å². The summed E-state index contributed by atoms with van der Waals surface area (Å²) in [4.78, 5) is 11.5. The predicted molar refractivity (Wildman–Crippen MR) is 68.7 cm³/mol. The molecule has 4 nitrogen and oxygen atoms in total. The van der Waals surface area contributed by atoms with Crippen molar-refractivity contribution in [2.24, 2.45) is 17.6 Å². The van der Waals surface area contributed by atoms with Gasteiger partial charge in [0, 0.05) is 6.54 Å². The SMILES string of the molecule is CC(C)(C)OC(=O)NC[C@H]1CCCC[C@H]1CN. The zero-order chi connectivity index (χ0) is 12.9. The molecule has 0 spiro atoms. The van der Waals surface area contributed by atoms with Crippen molar-refractivity contribution in [3.05, 3.63) is 0 Å². The van der Waals surface area contributed by atoms with Gasteiger partial charge in [0.2, 0.25) is 0 Å². The van der Waals surface area contributed by atoms with Gasteiger partial charge in [-0.1, -0.05) is 12.8 Å². The lowest BCUT2D eigenvalue weighted by molar-refractivity contribution is 0.0507. The van der Waals surface area contributed by atoms with Crippen LogP contribution < -0.4 is 11.1 Å². The highest BCUT2D eigenvalue weighted by atomic mass is 16.6. The lowest BCUT2D eigenvalue weighted by Gasteiger charge is -2.31. The standard InChI is InChI=1S/C13H26N2O2/c1-13(2,3)17-12(16)15-9-11-7-5-4-6-10(11)8-14/h10-11H,4-9,14H2,1-3H3,(H,15,16)/t10-,11+/m0/s1. The van der Waals surface area contributed by atoms with Gasteiger partial charge in [-0.2, -0.15) is 0 Å². The fourth-order valence-corrected chi connectivity index (χ4v) is 2.39. The molecule has 3 N–H and O–H groups in total. The third-order valence-corrected chi connectivity index (χ3v) is 3.28. The second-order valence-corrected chi connectivity index (χ2v) is 5.92. The summed E-state index contributed by atoms with van der Waals surface area (Å²) in [7, 11) is 0. The van der Waals surface area contributed by atoms with Crippen LogP contribution in [0.25, 0.3) is 0 Å². The molecule has 0 radical (unpaired) electrons. The van der Waals surface area contributed by atoms with E-state index in [4.69, 9.17) is 10.5 Å². The van der Waals surface area contributed by atoms with Crippen LogP contribution in [-0.4, -0.2) is 24.8 Å². The summed E-state index contributed by atoms with van der Waals surface area (Å²) in [6.07, 6.45) is 4.55. The normalized spacial score (nSPS) is 25.4. The van der Waals surface area contributed by atoms with Crippen molar-refractivity contribution in [2.75, 3.05) is 13.1 Å². The molecule has 4 heteroatoms. The van der Waals surface area contributed by atoms with Crippen LogP contribution in [0, 0.1) is 11.8 Å². The minimum atomic E-state index is -0.427. The molecule has 1 amide bonds. The van der Waals surface area contributed by atoms with Crippen LogP contribution in [-0.2, 0) is 4.74 Å². The molecule has 0 saturated heterocycles. The van der Waals surface area contributed by atoms with Gasteiger partial charge in [-0.25, -0.2) is 4.79 Å². The maximum absolute atomic E-state index is 11.5. The van der Waals surface area contributed by atoms with Crippen LogP contribution in [0.15, 0.2) is 0 Å². The van der Waals surface area contributed by atoms with E-state index in [1.807, 2.05) is 20.8 Å². The average Bonchev–Trinajstić information content (AvgIpc) is 2.24. The first kappa shape index (κ1) is 14.3. The third-order valence-electron chi connectivity index (χ3n) is 3.28. The van der Waals surface area contributed by atoms with Crippen molar-refractivity contribution < 1.29 is 9.53 Å². The number of rotatable bonds is 3.